The summed E-state index contributed by atoms with van der Waals surface area (Å²) in [7, 11) is 0. The van der Waals surface area contributed by atoms with Crippen LogP contribution in [0.5, 0.6) is 5.75 Å². The van der Waals surface area contributed by atoms with Crippen LogP contribution in [0.15, 0.2) is 60.7 Å². The number of hydrogen-bond acceptors (Lipinski definition) is 3. The standard InChI is InChI=1S/C23H18N2O/c1-2-13-26-23-12-11-19-5-3-4-6-21(19)22(23)14-20(16-25)18-9-7-17(15-24)8-10-18/h3-12,14H,2,13H2,1H3/b20-14+. The molecule has 0 N–H and O–H groups in total. The Morgan fingerprint density at radius 1 is 1.00 bits per heavy atom. The lowest BCUT2D eigenvalue weighted by atomic mass is 9.98. The highest BCUT2D eigenvalue weighted by Crippen LogP contribution is 2.32. The van der Waals surface area contributed by atoms with Crippen molar-refractivity contribution in [3.05, 3.63) is 77.4 Å². The van der Waals surface area contributed by atoms with E-state index in [9.17, 15) is 5.26 Å². The molecule has 0 unspecified atom stereocenters. The van der Waals surface area contributed by atoms with Gasteiger partial charge in [0.05, 0.1) is 29.9 Å². The molecule has 3 nitrogen and oxygen atoms in total. The van der Waals surface area contributed by atoms with Gasteiger partial charge in [-0.15, -0.1) is 0 Å². The number of ether oxygens (including phenoxy) is 1. The maximum atomic E-state index is 9.68. The van der Waals surface area contributed by atoms with Gasteiger partial charge in [0.1, 0.15) is 5.75 Å². The number of allylic oxidation sites excluding steroid dienone is 1. The quantitative estimate of drug-likeness (QED) is 0.452. The fraction of sp³-hybridized carbons (Fsp3) is 0.130. The van der Waals surface area contributed by atoms with Gasteiger partial charge in [-0.2, -0.15) is 10.5 Å². The smallest absolute Gasteiger partial charge is 0.127 e. The van der Waals surface area contributed by atoms with Crippen molar-refractivity contribution >= 4 is 22.4 Å². The van der Waals surface area contributed by atoms with Gasteiger partial charge in [-0.05, 0) is 47.0 Å². The minimum atomic E-state index is 0.534. The van der Waals surface area contributed by atoms with Crippen molar-refractivity contribution in [3.63, 3.8) is 0 Å². The number of hydrogen-bond donors (Lipinski definition) is 0. The summed E-state index contributed by atoms with van der Waals surface area (Å²) >= 11 is 0. The molecule has 3 aromatic carbocycles. The maximum Gasteiger partial charge on any atom is 0.127 e. The molecule has 3 rings (SSSR count). The van der Waals surface area contributed by atoms with E-state index in [4.69, 9.17) is 10.00 Å². The molecule has 0 saturated heterocycles. The molecule has 126 valence electrons. The van der Waals surface area contributed by atoms with Gasteiger partial charge in [0.25, 0.3) is 0 Å². The summed E-state index contributed by atoms with van der Waals surface area (Å²) in [6.45, 7) is 2.69. The number of nitrogens with zero attached hydrogens (tertiary/aromatic N) is 2. The molecule has 0 atom stereocenters. The lowest BCUT2D eigenvalue weighted by molar-refractivity contribution is 0.317. The number of benzene rings is 3. The number of nitriles is 2. The van der Waals surface area contributed by atoms with E-state index in [0.29, 0.717) is 17.7 Å². The molecule has 0 aliphatic carbocycles. The monoisotopic (exact) mass is 338 g/mol. The van der Waals surface area contributed by atoms with Crippen molar-refractivity contribution in [1.82, 2.24) is 0 Å². The second-order valence-electron chi connectivity index (χ2n) is 5.91. The van der Waals surface area contributed by atoms with Gasteiger partial charge in [-0.1, -0.05) is 49.4 Å². The highest BCUT2D eigenvalue weighted by Gasteiger charge is 2.10. The summed E-state index contributed by atoms with van der Waals surface area (Å²) in [6, 6.07) is 23.5. The highest BCUT2D eigenvalue weighted by molar-refractivity contribution is 6.00. The molecule has 0 bridgehead atoms. The summed E-state index contributed by atoms with van der Waals surface area (Å²) in [6.07, 6.45) is 2.78. The van der Waals surface area contributed by atoms with Gasteiger partial charge in [0.15, 0.2) is 0 Å². The van der Waals surface area contributed by atoms with Crippen molar-refractivity contribution < 1.29 is 4.74 Å². The Labute approximate surface area is 153 Å². The van der Waals surface area contributed by atoms with Crippen LogP contribution in [0.4, 0.5) is 0 Å². The second-order valence-corrected chi connectivity index (χ2v) is 5.91. The Kier molecular flexibility index (Phi) is 5.32. The summed E-state index contributed by atoms with van der Waals surface area (Å²) in [5, 5.41) is 20.8. The minimum absolute atomic E-state index is 0.534. The van der Waals surface area contributed by atoms with E-state index in [0.717, 1.165) is 34.1 Å². The molecular weight excluding hydrogens is 320 g/mol. The Hall–Kier alpha value is -3.56. The molecule has 0 fully saturated rings. The van der Waals surface area contributed by atoms with E-state index in [1.807, 2.05) is 42.5 Å². The van der Waals surface area contributed by atoms with Crippen molar-refractivity contribution in [2.24, 2.45) is 0 Å². The SMILES string of the molecule is CCCOc1ccc2ccccc2c1/C=C(\C#N)c1ccc(C#N)cc1. The van der Waals surface area contributed by atoms with E-state index >= 15 is 0 Å². The third-order valence-electron chi connectivity index (χ3n) is 4.13. The summed E-state index contributed by atoms with van der Waals surface area (Å²) in [5.74, 6) is 0.770. The number of fused-ring (bicyclic) bond motifs is 1. The van der Waals surface area contributed by atoms with Crippen LogP contribution >= 0.6 is 0 Å². The molecule has 26 heavy (non-hydrogen) atoms. The molecule has 3 heteroatoms. The van der Waals surface area contributed by atoms with Gasteiger partial charge < -0.3 is 4.74 Å². The molecule has 0 saturated carbocycles. The Morgan fingerprint density at radius 3 is 2.46 bits per heavy atom. The Bertz CT molecular complexity index is 1030. The maximum absolute atomic E-state index is 9.68. The molecule has 3 aromatic rings. The third-order valence-corrected chi connectivity index (χ3v) is 4.13. The first-order valence-electron chi connectivity index (χ1n) is 8.53. The summed E-state index contributed by atoms with van der Waals surface area (Å²) in [5.41, 5.74) is 2.79. The lowest BCUT2D eigenvalue weighted by Crippen LogP contribution is -1.97. The fourth-order valence-electron chi connectivity index (χ4n) is 2.81. The van der Waals surface area contributed by atoms with Gasteiger partial charge in [0.2, 0.25) is 0 Å². The van der Waals surface area contributed by atoms with Crippen LogP contribution in [0.1, 0.15) is 30.0 Å². The Morgan fingerprint density at radius 2 is 1.77 bits per heavy atom. The van der Waals surface area contributed by atoms with Crippen LogP contribution in [0.25, 0.3) is 22.4 Å². The van der Waals surface area contributed by atoms with E-state index in [2.05, 4.69) is 19.1 Å². The van der Waals surface area contributed by atoms with Crippen LogP contribution in [0.2, 0.25) is 0 Å². The zero-order chi connectivity index (χ0) is 18.4. The fourth-order valence-corrected chi connectivity index (χ4v) is 2.81. The molecule has 0 spiro atoms. The van der Waals surface area contributed by atoms with Crippen LogP contribution in [-0.4, -0.2) is 6.61 Å². The minimum Gasteiger partial charge on any atom is -0.493 e. The molecular formula is C23H18N2O. The van der Waals surface area contributed by atoms with E-state index in [1.54, 1.807) is 24.3 Å². The molecule has 0 aliphatic heterocycles. The predicted molar refractivity (Wildman–Crippen MR) is 104 cm³/mol. The second kappa shape index (κ2) is 8.01. The van der Waals surface area contributed by atoms with E-state index in [-0.39, 0.29) is 0 Å². The average molecular weight is 338 g/mol. The first-order chi connectivity index (χ1) is 12.8. The highest BCUT2D eigenvalue weighted by atomic mass is 16.5. The first kappa shape index (κ1) is 17.3. The lowest BCUT2D eigenvalue weighted by Gasteiger charge is -2.12. The molecule has 0 heterocycles. The van der Waals surface area contributed by atoms with Crippen molar-refractivity contribution in [3.8, 4) is 17.9 Å². The van der Waals surface area contributed by atoms with Crippen molar-refractivity contribution in [2.45, 2.75) is 13.3 Å². The molecule has 0 aromatic heterocycles. The van der Waals surface area contributed by atoms with Gasteiger partial charge in [0, 0.05) is 5.56 Å². The normalized spacial score (nSPS) is 11.0. The van der Waals surface area contributed by atoms with Gasteiger partial charge in [-0.3, -0.25) is 0 Å². The zero-order valence-electron chi connectivity index (χ0n) is 14.6. The average Bonchev–Trinajstić information content (AvgIpc) is 2.71. The Balaban J connectivity index is 2.15. The van der Waals surface area contributed by atoms with Crippen LogP contribution < -0.4 is 4.74 Å². The first-order valence-corrected chi connectivity index (χ1v) is 8.53. The van der Waals surface area contributed by atoms with E-state index < -0.39 is 0 Å². The zero-order valence-corrected chi connectivity index (χ0v) is 14.6. The van der Waals surface area contributed by atoms with Crippen LogP contribution in [-0.2, 0) is 0 Å². The van der Waals surface area contributed by atoms with Gasteiger partial charge in [-0.25, -0.2) is 0 Å². The molecule has 0 amide bonds. The topological polar surface area (TPSA) is 56.8 Å². The molecule has 0 aliphatic rings. The summed E-state index contributed by atoms with van der Waals surface area (Å²) in [4.78, 5) is 0. The summed E-state index contributed by atoms with van der Waals surface area (Å²) < 4.78 is 5.92. The van der Waals surface area contributed by atoms with Crippen molar-refractivity contribution in [1.29, 1.82) is 10.5 Å². The largest absolute Gasteiger partial charge is 0.493 e. The van der Waals surface area contributed by atoms with Crippen molar-refractivity contribution in [2.75, 3.05) is 6.61 Å². The predicted octanol–water partition coefficient (Wildman–Crippen LogP) is 5.56. The van der Waals surface area contributed by atoms with Crippen LogP contribution in [0, 0.1) is 22.7 Å². The molecule has 0 radical (unpaired) electrons. The van der Waals surface area contributed by atoms with Crippen LogP contribution in [0.3, 0.4) is 0 Å². The van der Waals surface area contributed by atoms with E-state index in [1.165, 1.54) is 0 Å². The number of rotatable bonds is 5. The van der Waals surface area contributed by atoms with Gasteiger partial charge >= 0.3 is 0 Å². The third kappa shape index (κ3) is 3.58.